The normalized spacial score (nSPS) is 20.7. The zero-order chi connectivity index (χ0) is 24.4. The Morgan fingerprint density at radius 2 is 1.66 bits per heavy atom. The number of fused-ring (bicyclic) bond motifs is 3. The number of amides is 2. The summed E-state index contributed by atoms with van der Waals surface area (Å²) in [7, 11) is 0. The smallest absolute Gasteiger partial charge is 0.408 e. The third kappa shape index (κ3) is 4.62. The van der Waals surface area contributed by atoms with Crippen LogP contribution in [0.3, 0.4) is 0 Å². The van der Waals surface area contributed by atoms with E-state index in [1.165, 1.54) is 0 Å². The second kappa shape index (κ2) is 9.70. The number of alkyl carbamates (subject to hydrolysis) is 1. The fraction of sp³-hybridized carbons (Fsp3) is 0.444. The second-order valence-corrected chi connectivity index (χ2v) is 9.58. The highest BCUT2D eigenvalue weighted by atomic mass is 16.5. The van der Waals surface area contributed by atoms with Crippen LogP contribution < -0.4 is 5.32 Å². The molecule has 2 aromatic rings. The summed E-state index contributed by atoms with van der Waals surface area (Å²) in [5.74, 6) is -1.20. The van der Waals surface area contributed by atoms with Crippen molar-refractivity contribution in [3.05, 3.63) is 59.7 Å². The van der Waals surface area contributed by atoms with Gasteiger partial charge in [-0.2, -0.15) is 0 Å². The molecule has 5 rings (SSSR count). The highest BCUT2D eigenvalue weighted by Crippen LogP contribution is 2.44. The predicted molar refractivity (Wildman–Crippen MR) is 128 cm³/mol. The Morgan fingerprint density at radius 1 is 1.03 bits per heavy atom. The van der Waals surface area contributed by atoms with Gasteiger partial charge < -0.3 is 24.8 Å². The van der Waals surface area contributed by atoms with Crippen LogP contribution in [0, 0.1) is 0 Å². The standard InChI is InChI=1S/C27H30N2O6/c30-24(31)15-18-16-29(13-14-34-18)25(32)27(11-5-6-12-27)28-26(33)35-17-23-21-9-3-1-7-19(21)20-8-2-4-10-22(20)23/h1-4,7-10,18,23H,5-6,11-17H2,(H,28,33)(H,30,31). The maximum absolute atomic E-state index is 13.5. The van der Waals surface area contributed by atoms with Crippen molar-refractivity contribution in [3.8, 4) is 11.1 Å². The molecule has 1 heterocycles. The fourth-order valence-corrected chi connectivity index (χ4v) is 5.73. The molecule has 1 atom stereocenters. The number of nitrogens with one attached hydrogen (secondary N) is 1. The Bertz CT molecular complexity index is 1080. The molecule has 3 aliphatic rings. The number of carbonyl (C=O) groups is 3. The number of hydrogen-bond donors (Lipinski definition) is 2. The Labute approximate surface area is 204 Å². The quantitative estimate of drug-likeness (QED) is 0.658. The lowest BCUT2D eigenvalue weighted by atomic mass is 9.95. The van der Waals surface area contributed by atoms with E-state index in [4.69, 9.17) is 14.6 Å². The van der Waals surface area contributed by atoms with Crippen molar-refractivity contribution in [1.29, 1.82) is 0 Å². The zero-order valence-electron chi connectivity index (χ0n) is 19.6. The first-order chi connectivity index (χ1) is 17.0. The topological polar surface area (TPSA) is 105 Å². The summed E-state index contributed by atoms with van der Waals surface area (Å²) >= 11 is 0. The molecule has 184 valence electrons. The maximum atomic E-state index is 13.5. The molecule has 35 heavy (non-hydrogen) atoms. The lowest BCUT2D eigenvalue weighted by Gasteiger charge is -2.38. The van der Waals surface area contributed by atoms with E-state index in [1.807, 2.05) is 24.3 Å². The van der Waals surface area contributed by atoms with E-state index < -0.39 is 23.7 Å². The van der Waals surface area contributed by atoms with Crippen molar-refractivity contribution in [3.63, 3.8) is 0 Å². The minimum Gasteiger partial charge on any atom is -0.481 e. The number of carboxylic acids is 1. The molecule has 2 aromatic carbocycles. The van der Waals surface area contributed by atoms with E-state index in [0.717, 1.165) is 35.1 Å². The first kappa shape index (κ1) is 23.4. The van der Waals surface area contributed by atoms with Crippen LogP contribution in [-0.4, -0.2) is 65.9 Å². The molecule has 2 fully saturated rings. The largest absolute Gasteiger partial charge is 0.481 e. The van der Waals surface area contributed by atoms with Gasteiger partial charge in [-0.1, -0.05) is 61.4 Å². The van der Waals surface area contributed by atoms with Crippen molar-refractivity contribution >= 4 is 18.0 Å². The molecule has 0 aromatic heterocycles. The van der Waals surface area contributed by atoms with Gasteiger partial charge in [-0.15, -0.1) is 0 Å². The number of morpholine rings is 1. The minimum atomic E-state index is -1.02. The van der Waals surface area contributed by atoms with Crippen LogP contribution in [-0.2, 0) is 19.1 Å². The lowest BCUT2D eigenvalue weighted by molar-refractivity contribution is -0.151. The summed E-state index contributed by atoms with van der Waals surface area (Å²) < 4.78 is 11.2. The number of benzene rings is 2. The van der Waals surface area contributed by atoms with Gasteiger partial charge in [0.25, 0.3) is 0 Å². The molecule has 0 bridgehead atoms. The first-order valence-electron chi connectivity index (χ1n) is 12.2. The molecule has 1 unspecified atom stereocenters. The van der Waals surface area contributed by atoms with Gasteiger partial charge in [0, 0.05) is 19.0 Å². The molecular weight excluding hydrogens is 448 g/mol. The fourth-order valence-electron chi connectivity index (χ4n) is 5.73. The average molecular weight is 479 g/mol. The number of carbonyl (C=O) groups excluding carboxylic acids is 2. The van der Waals surface area contributed by atoms with Crippen molar-refractivity contribution in [2.24, 2.45) is 0 Å². The van der Waals surface area contributed by atoms with Gasteiger partial charge in [0.1, 0.15) is 12.1 Å². The SMILES string of the molecule is O=C(O)CC1CN(C(=O)C2(NC(=O)OCC3c4ccccc4-c4ccccc43)CCCC2)CCO1. The molecule has 1 aliphatic heterocycles. The van der Waals surface area contributed by atoms with Gasteiger partial charge in [0.2, 0.25) is 5.91 Å². The van der Waals surface area contributed by atoms with Crippen LogP contribution in [0.2, 0.25) is 0 Å². The number of hydrogen-bond acceptors (Lipinski definition) is 5. The highest BCUT2D eigenvalue weighted by Gasteiger charge is 2.46. The van der Waals surface area contributed by atoms with Crippen molar-refractivity contribution in [1.82, 2.24) is 10.2 Å². The Morgan fingerprint density at radius 3 is 2.29 bits per heavy atom. The number of nitrogens with zero attached hydrogens (tertiary/aromatic N) is 1. The molecule has 0 spiro atoms. The number of ether oxygens (including phenoxy) is 2. The zero-order valence-corrected chi connectivity index (χ0v) is 19.6. The van der Waals surface area contributed by atoms with Crippen LogP contribution in [0.1, 0.15) is 49.1 Å². The molecular formula is C27H30N2O6. The van der Waals surface area contributed by atoms with Gasteiger partial charge in [-0.3, -0.25) is 9.59 Å². The van der Waals surface area contributed by atoms with Gasteiger partial charge in [0.05, 0.1) is 19.1 Å². The summed E-state index contributed by atoms with van der Waals surface area (Å²) in [6.45, 7) is 1.05. The van der Waals surface area contributed by atoms with E-state index >= 15 is 0 Å². The van der Waals surface area contributed by atoms with Gasteiger partial charge in [0.15, 0.2) is 0 Å². The average Bonchev–Trinajstić information content (AvgIpc) is 3.45. The molecule has 8 heteroatoms. The predicted octanol–water partition coefficient (Wildman–Crippen LogP) is 3.54. The summed E-state index contributed by atoms with van der Waals surface area (Å²) in [5, 5.41) is 12.0. The molecule has 8 nitrogen and oxygen atoms in total. The number of aliphatic carboxylic acids is 1. The van der Waals surface area contributed by atoms with Crippen molar-refractivity contribution in [2.75, 3.05) is 26.3 Å². The lowest BCUT2D eigenvalue weighted by Crippen LogP contribution is -2.61. The minimum absolute atomic E-state index is 0.0561. The van der Waals surface area contributed by atoms with E-state index in [0.29, 0.717) is 19.4 Å². The molecule has 2 N–H and O–H groups in total. The van der Waals surface area contributed by atoms with Gasteiger partial charge in [-0.05, 0) is 35.1 Å². The van der Waals surface area contributed by atoms with Gasteiger partial charge in [-0.25, -0.2) is 4.79 Å². The van der Waals surface area contributed by atoms with Crippen LogP contribution in [0.15, 0.2) is 48.5 Å². The van der Waals surface area contributed by atoms with Crippen LogP contribution >= 0.6 is 0 Å². The van der Waals surface area contributed by atoms with E-state index in [-0.39, 0.29) is 38.0 Å². The van der Waals surface area contributed by atoms with E-state index in [1.54, 1.807) is 4.90 Å². The Hall–Kier alpha value is -3.39. The molecule has 0 radical (unpaired) electrons. The van der Waals surface area contributed by atoms with Crippen LogP contribution in [0.25, 0.3) is 11.1 Å². The Balaban J connectivity index is 1.26. The summed E-state index contributed by atoms with van der Waals surface area (Å²) in [6.07, 6.45) is 1.44. The highest BCUT2D eigenvalue weighted by molar-refractivity contribution is 5.90. The molecule has 1 saturated carbocycles. The van der Waals surface area contributed by atoms with Crippen molar-refractivity contribution < 1.29 is 29.0 Å². The number of rotatable bonds is 6. The van der Waals surface area contributed by atoms with E-state index in [2.05, 4.69) is 29.6 Å². The molecule has 2 amide bonds. The maximum Gasteiger partial charge on any atom is 0.408 e. The first-order valence-corrected chi connectivity index (χ1v) is 12.2. The summed E-state index contributed by atoms with van der Waals surface area (Å²) in [5.41, 5.74) is 3.55. The number of carboxylic acid groups (broad SMARTS) is 1. The van der Waals surface area contributed by atoms with Crippen LogP contribution in [0.4, 0.5) is 4.79 Å². The van der Waals surface area contributed by atoms with E-state index in [9.17, 15) is 14.4 Å². The van der Waals surface area contributed by atoms with Crippen LogP contribution in [0.5, 0.6) is 0 Å². The Kier molecular flexibility index (Phi) is 6.47. The third-order valence-corrected chi connectivity index (χ3v) is 7.38. The molecule has 2 aliphatic carbocycles. The van der Waals surface area contributed by atoms with Gasteiger partial charge >= 0.3 is 12.1 Å². The van der Waals surface area contributed by atoms with Crippen molar-refractivity contribution in [2.45, 2.75) is 49.7 Å². The molecule has 1 saturated heterocycles. The summed E-state index contributed by atoms with van der Waals surface area (Å²) in [6, 6.07) is 16.3. The third-order valence-electron chi connectivity index (χ3n) is 7.38. The summed E-state index contributed by atoms with van der Waals surface area (Å²) in [4.78, 5) is 39.2. The monoisotopic (exact) mass is 478 g/mol. The second-order valence-electron chi connectivity index (χ2n) is 9.58.